The minimum Gasteiger partial charge on any atom is -0.390 e. The van der Waals surface area contributed by atoms with Crippen molar-refractivity contribution in [3.8, 4) is 5.69 Å². The van der Waals surface area contributed by atoms with E-state index in [0.29, 0.717) is 16.8 Å². The Hall–Kier alpha value is -2.46. The van der Waals surface area contributed by atoms with Crippen molar-refractivity contribution in [3.05, 3.63) is 76.0 Å². The Morgan fingerprint density at radius 2 is 1.65 bits per heavy atom. The molecule has 0 aliphatic rings. The number of fused-ring (bicyclic) bond motifs is 1. The third kappa shape index (κ3) is 2.55. The van der Waals surface area contributed by atoms with Gasteiger partial charge in [0, 0.05) is 11.1 Å². The second-order valence-electron chi connectivity index (χ2n) is 5.84. The quantitative estimate of drug-likeness (QED) is 0.800. The lowest BCUT2D eigenvalue weighted by molar-refractivity contribution is 0.271. The lowest BCUT2D eigenvalue weighted by Gasteiger charge is -2.20. The summed E-state index contributed by atoms with van der Waals surface area (Å²) in [5.41, 5.74) is 1.83. The summed E-state index contributed by atoms with van der Waals surface area (Å²) in [6.07, 6.45) is 0. The molecule has 0 saturated heterocycles. The van der Waals surface area contributed by atoms with Crippen LogP contribution in [0, 0.1) is 5.82 Å². The van der Waals surface area contributed by atoms with Gasteiger partial charge in [-0.1, -0.05) is 32.0 Å². The predicted molar refractivity (Wildman–Crippen MR) is 89.5 cm³/mol. The molecule has 0 bridgehead atoms. The zero-order valence-corrected chi connectivity index (χ0v) is 13.1. The van der Waals surface area contributed by atoms with Crippen LogP contribution in [0.25, 0.3) is 16.5 Å². The number of hydrogen-bond acceptors (Lipinski definition) is 2. The number of pyridine rings is 1. The van der Waals surface area contributed by atoms with Gasteiger partial charge < -0.3 is 5.11 Å². The molecule has 4 heteroatoms. The highest BCUT2D eigenvalue weighted by atomic mass is 19.1. The van der Waals surface area contributed by atoms with Gasteiger partial charge in [0.2, 0.25) is 0 Å². The Morgan fingerprint density at radius 1 is 1.04 bits per heavy atom. The molecule has 3 aromatic rings. The second kappa shape index (κ2) is 5.97. The first-order valence-corrected chi connectivity index (χ1v) is 7.58. The first kappa shape index (κ1) is 15.4. The molecule has 2 aromatic carbocycles. The van der Waals surface area contributed by atoms with Crippen LogP contribution in [0.2, 0.25) is 0 Å². The van der Waals surface area contributed by atoms with E-state index in [2.05, 4.69) is 0 Å². The van der Waals surface area contributed by atoms with Crippen molar-refractivity contribution in [1.82, 2.24) is 4.57 Å². The summed E-state index contributed by atoms with van der Waals surface area (Å²) in [6.45, 7) is 3.80. The summed E-state index contributed by atoms with van der Waals surface area (Å²) in [5.74, 6) is -0.230. The lowest BCUT2D eigenvalue weighted by atomic mass is 9.94. The molecule has 0 aliphatic heterocycles. The zero-order valence-electron chi connectivity index (χ0n) is 13.1. The maximum Gasteiger partial charge on any atom is 0.263 e. The van der Waals surface area contributed by atoms with Crippen LogP contribution < -0.4 is 5.56 Å². The molecule has 0 saturated carbocycles. The van der Waals surface area contributed by atoms with Crippen molar-refractivity contribution in [3.63, 3.8) is 0 Å². The van der Waals surface area contributed by atoms with Gasteiger partial charge in [0.1, 0.15) is 5.82 Å². The average molecular weight is 311 g/mol. The average Bonchev–Trinajstić information content (AvgIpc) is 2.55. The van der Waals surface area contributed by atoms with Crippen molar-refractivity contribution < 1.29 is 9.50 Å². The molecule has 1 aromatic heterocycles. The number of halogens is 1. The Morgan fingerprint density at radius 3 is 2.22 bits per heavy atom. The van der Waals surface area contributed by atoms with Crippen LogP contribution >= 0.6 is 0 Å². The number of hydrogen-bond donors (Lipinski definition) is 1. The topological polar surface area (TPSA) is 42.2 Å². The van der Waals surface area contributed by atoms with E-state index in [-0.39, 0.29) is 23.9 Å². The Bertz CT molecular complexity index is 911. The molecule has 1 N–H and O–H groups in total. The van der Waals surface area contributed by atoms with Crippen molar-refractivity contribution in [1.29, 1.82) is 0 Å². The number of aromatic nitrogens is 1. The second-order valence-corrected chi connectivity index (χ2v) is 5.84. The van der Waals surface area contributed by atoms with Gasteiger partial charge in [0.15, 0.2) is 0 Å². The van der Waals surface area contributed by atoms with E-state index in [0.717, 1.165) is 10.9 Å². The summed E-state index contributed by atoms with van der Waals surface area (Å²) in [6, 6.07) is 13.1. The van der Waals surface area contributed by atoms with E-state index >= 15 is 0 Å². The molecule has 23 heavy (non-hydrogen) atoms. The number of benzene rings is 2. The third-order valence-electron chi connectivity index (χ3n) is 4.04. The van der Waals surface area contributed by atoms with Crippen molar-refractivity contribution >= 4 is 10.8 Å². The fourth-order valence-corrected chi connectivity index (χ4v) is 3.09. The Balaban J connectivity index is 2.48. The predicted octanol–water partition coefficient (Wildman–Crippen LogP) is 3.75. The normalized spacial score (nSPS) is 11.3. The van der Waals surface area contributed by atoms with E-state index in [1.54, 1.807) is 18.2 Å². The van der Waals surface area contributed by atoms with Crippen LogP contribution in [0.1, 0.15) is 31.0 Å². The first-order valence-electron chi connectivity index (χ1n) is 7.58. The highest BCUT2D eigenvalue weighted by Gasteiger charge is 2.19. The van der Waals surface area contributed by atoms with Crippen molar-refractivity contribution in [2.24, 2.45) is 0 Å². The van der Waals surface area contributed by atoms with Gasteiger partial charge in [0.25, 0.3) is 5.56 Å². The molecule has 0 fully saturated rings. The van der Waals surface area contributed by atoms with Gasteiger partial charge in [-0.25, -0.2) is 4.39 Å². The standard InChI is InChI=1S/C19H18FNO2/c1-12(2)18-15-5-3-4-6-16(15)19(23)21(17(18)11-22)14-9-7-13(20)8-10-14/h3-10,12,22H,11H2,1-2H3. The molecule has 0 atom stereocenters. The van der Waals surface area contributed by atoms with E-state index in [9.17, 15) is 14.3 Å². The number of aliphatic hydroxyl groups excluding tert-OH is 1. The molecule has 3 rings (SSSR count). The first-order chi connectivity index (χ1) is 11.0. The smallest absolute Gasteiger partial charge is 0.263 e. The molecule has 0 aliphatic carbocycles. The molecule has 118 valence electrons. The fourth-order valence-electron chi connectivity index (χ4n) is 3.09. The maximum absolute atomic E-state index is 13.2. The molecule has 0 spiro atoms. The summed E-state index contributed by atoms with van der Waals surface area (Å²) in [5, 5.41) is 11.4. The summed E-state index contributed by atoms with van der Waals surface area (Å²) < 4.78 is 14.7. The van der Waals surface area contributed by atoms with Crippen molar-refractivity contribution in [2.75, 3.05) is 0 Å². The summed E-state index contributed by atoms with van der Waals surface area (Å²) in [7, 11) is 0. The van der Waals surface area contributed by atoms with Gasteiger partial charge >= 0.3 is 0 Å². The molecular weight excluding hydrogens is 293 g/mol. The van der Waals surface area contributed by atoms with Gasteiger partial charge in [0.05, 0.1) is 12.3 Å². The molecule has 1 heterocycles. The van der Waals surface area contributed by atoms with Crippen LogP contribution in [0.3, 0.4) is 0 Å². The molecule has 3 nitrogen and oxygen atoms in total. The van der Waals surface area contributed by atoms with E-state index in [1.165, 1.54) is 16.7 Å². The van der Waals surface area contributed by atoms with Crippen LogP contribution in [0.5, 0.6) is 0 Å². The fraction of sp³-hybridized carbons (Fsp3) is 0.211. The van der Waals surface area contributed by atoms with E-state index in [1.807, 2.05) is 32.0 Å². The van der Waals surface area contributed by atoms with E-state index < -0.39 is 0 Å². The maximum atomic E-state index is 13.2. The van der Waals surface area contributed by atoms with Gasteiger partial charge in [-0.15, -0.1) is 0 Å². The number of nitrogens with zero attached hydrogens (tertiary/aromatic N) is 1. The number of rotatable bonds is 3. The van der Waals surface area contributed by atoms with Crippen LogP contribution in [-0.4, -0.2) is 9.67 Å². The lowest BCUT2D eigenvalue weighted by Crippen LogP contribution is -2.25. The highest BCUT2D eigenvalue weighted by Crippen LogP contribution is 2.28. The zero-order chi connectivity index (χ0) is 16.6. The Kier molecular flexibility index (Phi) is 4.01. The van der Waals surface area contributed by atoms with Gasteiger partial charge in [-0.2, -0.15) is 0 Å². The molecule has 0 amide bonds. The van der Waals surface area contributed by atoms with Gasteiger partial charge in [-0.05, 0) is 47.2 Å². The molecular formula is C19H18FNO2. The molecule has 0 radical (unpaired) electrons. The van der Waals surface area contributed by atoms with Crippen LogP contribution in [0.4, 0.5) is 4.39 Å². The largest absolute Gasteiger partial charge is 0.390 e. The Labute approximate surface area is 133 Å². The monoisotopic (exact) mass is 311 g/mol. The SMILES string of the molecule is CC(C)c1c(CO)n(-c2ccc(F)cc2)c(=O)c2ccccc12. The van der Waals surface area contributed by atoms with Crippen molar-refractivity contribution in [2.45, 2.75) is 26.4 Å². The van der Waals surface area contributed by atoms with Gasteiger partial charge in [-0.3, -0.25) is 9.36 Å². The third-order valence-corrected chi connectivity index (χ3v) is 4.04. The summed E-state index contributed by atoms with van der Waals surface area (Å²) in [4.78, 5) is 12.9. The highest BCUT2D eigenvalue weighted by molar-refractivity contribution is 5.86. The number of aliphatic hydroxyl groups is 1. The minimum absolute atomic E-state index is 0.134. The van der Waals surface area contributed by atoms with Crippen LogP contribution in [0.15, 0.2) is 53.3 Å². The minimum atomic E-state index is -0.364. The summed E-state index contributed by atoms with van der Waals surface area (Å²) >= 11 is 0. The molecule has 0 unspecified atom stereocenters. The van der Waals surface area contributed by atoms with E-state index in [4.69, 9.17) is 0 Å². The van der Waals surface area contributed by atoms with Crippen LogP contribution in [-0.2, 0) is 6.61 Å².